The lowest BCUT2D eigenvalue weighted by molar-refractivity contribution is -0.0761. The van der Waals surface area contributed by atoms with Crippen molar-refractivity contribution in [1.29, 1.82) is 0 Å². The van der Waals surface area contributed by atoms with E-state index in [1.807, 2.05) is 0 Å². The second-order valence-electron chi connectivity index (χ2n) is 9.84. The van der Waals surface area contributed by atoms with Crippen molar-refractivity contribution in [1.82, 2.24) is 39.0 Å². The first kappa shape index (κ1) is 29.5. The van der Waals surface area contributed by atoms with E-state index in [4.69, 9.17) is 45.1 Å². The molecular weight excluding hydrogens is 658 g/mol. The summed E-state index contributed by atoms with van der Waals surface area (Å²) in [6, 6.07) is 0. The van der Waals surface area contributed by atoms with E-state index < -0.39 is 88.5 Å². The summed E-state index contributed by atoms with van der Waals surface area (Å²) in [5, 5.41) is 0. The van der Waals surface area contributed by atoms with Crippen LogP contribution in [0.5, 0.6) is 0 Å². The van der Waals surface area contributed by atoms with Gasteiger partial charge in [0.05, 0.1) is 32.2 Å². The van der Waals surface area contributed by atoms with Crippen LogP contribution in [0.3, 0.4) is 0 Å². The SMILES string of the molecule is Nc1nc2c(ncn2[C@@]23CO[C@H](CO[P+](=O)O[C@H]4[C@H](F)[C@H](n5cnc6c(=O)[nH]cnc65)O[C@@H]4COP(O)(=S)O2)[C@@H]3F)c(=O)[nH]1. The van der Waals surface area contributed by atoms with Gasteiger partial charge in [0.1, 0.15) is 18.8 Å². The molecule has 2 bridgehead atoms. The highest BCUT2D eigenvalue weighted by atomic mass is 32.5. The molecule has 19 nitrogen and oxygen atoms in total. The monoisotopic (exact) mass is 678 g/mol. The number of nitrogens with one attached hydrogen (secondary N) is 2. The first-order chi connectivity index (χ1) is 21.0. The van der Waals surface area contributed by atoms with Crippen molar-refractivity contribution < 1.29 is 45.8 Å². The number of H-pyrrole nitrogens is 2. The molecule has 0 aromatic carbocycles. The minimum absolute atomic E-state index is 0.0161. The molecule has 234 valence electrons. The van der Waals surface area contributed by atoms with Gasteiger partial charge in [0.2, 0.25) is 11.7 Å². The van der Waals surface area contributed by atoms with Crippen molar-refractivity contribution in [3.05, 3.63) is 39.7 Å². The summed E-state index contributed by atoms with van der Waals surface area (Å²) in [6.07, 6.45) is -7.05. The van der Waals surface area contributed by atoms with Crippen LogP contribution < -0.4 is 16.9 Å². The van der Waals surface area contributed by atoms with Crippen LogP contribution in [0, 0.1) is 0 Å². The number of nitrogens with zero attached hydrogens (tertiary/aromatic N) is 6. The first-order valence-corrected chi connectivity index (χ1v) is 16.3. The number of anilines is 1. The Morgan fingerprint density at radius 1 is 1.14 bits per heavy atom. The molecule has 3 fully saturated rings. The van der Waals surface area contributed by atoms with Crippen LogP contribution in [0.4, 0.5) is 14.7 Å². The Labute approximate surface area is 247 Å². The number of hydrogen-bond acceptors (Lipinski definition) is 15. The average molecular weight is 678 g/mol. The van der Waals surface area contributed by atoms with Gasteiger partial charge in [-0.05, 0) is 11.8 Å². The maximum Gasteiger partial charge on any atom is 0.697 e. The van der Waals surface area contributed by atoms with Crippen molar-refractivity contribution in [3.8, 4) is 0 Å². The van der Waals surface area contributed by atoms with Crippen LogP contribution in [0.1, 0.15) is 6.23 Å². The fraction of sp³-hybridized carbons (Fsp3) is 0.500. The molecule has 3 aliphatic rings. The van der Waals surface area contributed by atoms with Gasteiger partial charge in [-0.25, -0.2) is 23.7 Å². The molecule has 7 rings (SSSR count). The van der Waals surface area contributed by atoms with Crippen molar-refractivity contribution in [2.75, 3.05) is 25.6 Å². The minimum Gasteiger partial charge on any atom is -0.369 e. The van der Waals surface area contributed by atoms with E-state index in [2.05, 4.69) is 29.9 Å². The van der Waals surface area contributed by atoms with E-state index in [0.29, 0.717) is 0 Å². The number of imidazole rings is 2. The predicted octanol–water partition coefficient (Wildman–Crippen LogP) is -0.217. The van der Waals surface area contributed by atoms with Gasteiger partial charge >= 0.3 is 15.0 Å². The fourth-order valence-electron chi connectivity index (χ4n) is 5.23. The van der Waals surface area contributed by atoms with Gasteiger partial charge in [-0.2, -0.15) is 4.98 Å². The number of rotatable bonds is 2. The lowest BCUT2D eigenvalue weighted by Gasteiger charge is -2.34. The molecule has 7 heterocycles. The lowest BCUT2D eigenvalue weighted by atomic mass is 10.1. The highest BCUT2D eigenvalue weighted by Crippen LogP contribution is 2.54. The van der Waals surface area contributed by atoms with Crippen LogP contribution in [-0.2, 0) is 49.7 Å². The zero-order chi connectivity index (χ0) is 31.0. The van der Waals surface area contributed by atoms with Gasteiger partial charge in [0, 0.05) is 4.57 Å². The Kier molecular flexibility index (Phi) is 7.20. The number of fused-ring (bicyclic) bond motifs is 5. The van der Waals surface area contributed by atoms with Crippen molar-refractivity contribution >= 4 is 55.1 Å². The summed E-state index contributed by atoms with van der Waals surface area (Å²) >= 11 is 5.20. The van der Waals surface area contributed by atoms with Crippen LogP contribution in [0.25, 0.3) is 22.3 Å². The van der Waals surface area contributed by atoms with E-state index in [9.17, 15) is 19.0 Å². The molecule has 4 aromatic rings. The smallest absolute Gasteiger partial charge is 0.369 e. The Morgan fingerprint density at radius 2 is 1.91 bits per heavy atom. The van der Waals surface area contributed by atoms with Gasteiger partial charge in [0.25, 0.3) is 11.1 Å². The highest BCUT2D eigenvalue weighted by molar-refractivity contribution is 8.07. The Morgan fingerprint density at radius 3 is 2.73 bits per heavy atom. The third-order valence-electron chi connectivity index (χ3n) is 7.23. The molecule has 3 saturated heterocycles. The molecule has 0 radical (unpaired) electrons. The molecule has 44 heavy (non-hydrogen) atoms. The zero-order valence-corrected chi connectivity index (χ0v) is 24.4. The van der Waals surface area contributed by atoms with Gasteiger partial charge < -0.3 is 29.6 Å². The summed E-state index contributed by atoms with van der Waals surface area (Å²) in [4.78, 5) is 56.1. The van der Waals surface area contributed by atoms with Gasteiger partial charge in [-0.15, -0.1) is 9.05 Å². The molecule has 0 amide bonds. The van der Waals surface area contributed by atoms with Crippen LogP contribution in [-0.4, -0.2) is 94.4 Å². The van der Waals surface area contributed by atoms with Crippen LogP contribution in [0.15, 0.2) is 28.6 Å². The molecule has 0 spiro atoms. The largest absolute Gasteiger partial charge is 0.697 e. The number of nitrogens with two attached hydrogens (primary N) is 1. The summed E-state index contributed by atoms with van der Waals surface area (Å²) < 4.78 is 80.1. The maximum atomic E-state index is 16.2. The zero-order valence-electron chi connectivity index (χ0n) is 21.8. The number of aromatic amines is 2. The predicted molar refractivity (Wildman–Crippen MR) is 144 cm³/mol. The molecule has 3 aliphatic heterocycles. The molecular formula is C20H20F2N9O10P2S+. The molecule has 4 aromatic heterocycles. The third-order valence-corrected chi connectivity index (χ3v) is 9.57. The summed E-state index contributed by atoms with van der Waals surface area (Å²) in [6.45, 7) is -6.49. The molecule has 0 aliphatic carbocycles. The topological polar surface area (TPSA) is 246 Å². The molecule has 24 heteroatoms. The van der Waals surface area contributed by atoms with E-state index >= 15 is 8.78 Å². The standard InChI is InChI=1S/C20H19F2N9O10P2S/c21-9-12-7(39-18(9)30-5-26-10-14(30)24-4-25-16(10)32)2-38-43(35,44)41-20(3-36-8(13(20)22)1-37-42(34)40-12)31-6-27-11-15(31)28-19(23)29-17(11)33/h4-9,12-13,18H,1-3H2,(H4-,23,24,25,28,29,32,33,35,44)/p+1/t7-,8-,9+,12-,13+,18-,20+,43?/m1/s1. The Balaban J connectivity index is 1.24. The highest BCUT2D eigenvalue weighted by Gasteiger charge is 2.59. The van der Waals surface area contributed by atoms with E-state index in [1.54, 1.807) is 0 Å². The van der Waals surface area contributed by atoms with Gasteiger partial charge in [-0.3, -0.25) is 28.2 Å². The van der Waals surface area contributed by atoms with Crippen LogP contribution in [0.2, 0.25) is 0 Å². The van der Waals surface area contributed by atoms with Crippen LogP contribution >= 0.6 is 15.0 Å². The van der Waals surface area contributed by atoms with E-state index in [1.165, 1.54) is 0 Å². The number of nitrogen functional groups attached to an aromatic ring is 1. The van der Waals surface area contributed by atoms with E-state index in [-0.39, 0.29) is 28.3 Å². The van der Waals surface area contributed by atoms with Gasteiger partial charge in [-0.1, -0.05) is 0 Å². The molecule has 2 unspecified atom stereocenters. The molecule has 0 saturated carbocycles. The number of aromatic nitrogens is 8. The van der Waals surface area contributed by atoms with Crippen molar-refractivity contribution in [2.24, 2.45) is 0 Å². The fourth-order valence-corrected chi connectivity index (χ4v) is 7.60. The van der Waals surface area contributed by atoms with E-state index in [0.717, 1.165) is 28.1 Å². The summed E-state index contributed by atoms with van der Waals surface area (Å²) in [5.41, 5.74) is 1.47. The van der Waals surface area contributed by atoms with Crippen molar-refractivity contribution in [3.63, 3.8) is 0 Å². The summed E-state index contributed by atoms with van der Waals surface area (Å²) in [7, 11) is -3.10. The second-order valence-corrected chi connectivity index (χ2v) is 13.5. The third kappa shape index (κ3) is 4.78. The Bertz CT molecular complexity index is 1960. The maximum absolute atomic E-state index is 16.2. The quantitative estimate of drug-likeness (QED) is 0.200. The average Bonchev–Trinajstić information content (AvgIpc) is 3.73. The number of ether oxygens (including phenoxy) is 2. The van der Waals surface area contributed by atoms with Gasteiger partial charge in [0.15, 0.2) is 47.0 Å². The number of halogens is 2. The number of hydrogen-bond donors (Lipinski definition) is 4. The molecule has 5 N–H and O–H groups in total. The lowest BCUT2D eigenvalue weighted by Crippen LogP contribution is -2.46. The second kappa shape index (κ2) is 10.7. The first-order valence-electron chi connectivity index (χ1n) is 12.6. The van der Waals surface area contributed by atoms with Crippen molar-refractivity contribution in [2.45, 2.75) is 42.6 Å². The summed E-state index contributed by atoms with van der Waals surface area (Å²) in [5.74, 6) is -0.321. The minimum atomic E-state index is -4.48. The number of alkyl halides is 2. The Hall–Kier alpha value is -3.17. The normalized spacial score (nSPS) is 35.8. The molecule has 9 atom stereocenters.